The summed E-state index contributed by atoms with van der Waals surface area (Å²) in [5, 5.41) is 0. The Kier molecular flexibility index (Phi) is 7.17. The van der Waals surface area contributed by atoms with Crippen molar-refractivity contribution in [3.05, 3.63) is 12.2 Å². The number of hydrogen-bond donors (Lipinski definition) is 1. The van der Waals surface area contributed by atoms with Crippen LogP contribution in [0.4, 0.5) is 0 Å². The van der Waals surface area contributed by atoms with Crippen LogP contribution in [0.15, 0.2) is 12.2 Å². The van der Waals surface area contributed by atoms with Crippen LogP contribution in [0.25, 0.3) is 0 Å². The minimum Gasteiger partial charge on any atom is -0.198 e. The van der Waals surface area contributed by atoms with Crippen LogP contribution >= 0.6 is 11.6 Å². The van der Waals surface area contributed by atoms with Crippen LogP contribution in [0, 0.1) is 0 Å². The lowest BCUT2D eigenvalue weighted by molar-refractivity contribution is 0.437. The summed E-state index contributed by atoms with van der Waals surface area (Å²) in [7, 11) is -3.31. The summed E-state index contributed by atoms with van der Waals surface area (Å²) in [6, 6.07) is 0. The van der Waals surface area contributed by atoms with Crippen molar-refractivity contribution >= 4 is 21.8 Å². The van der Waals surface area contributed by atoms with Crippen LogP contribution in [0.2, 0.25) is 0 Å². The Hall–Kier alpha value is -0.100. The Balaban J connectivity index is 4.13. The molecule has 0 spiro atoms. The quantitative estimate of drug-likeness (QED) is 0.532. The summed E-state index contributed by atoms with van der Waals surface area (Å²) >= 11 is 5.39. The summed E-state index contributed by atoms with van der Waals surface area (Å²) in [5.74, 6) is 0.396. The molecular weight excluding hydrogens is 224 g/mol. The third kappa shape index (κ3) is 4.95. The number of nitrogens with zero attached hydrogens (tertiary/aromatic N) is 1. The van der Waals surface area contributed by atoms with E-state index in [1.807, 2.05) is 0 Å². The van der Waals surface area contributed by atoms with Gasteiger partial charge in [-0.1, -0.05) is 26.0 Å². The van der Waals surface area contributed by atoms with Crippen molar-refractivity contribution in [2.24, 2.45) is 0 Å². The second-order valence-electron chi connectivity index (χ2n) is 2.56. The predicted octanol–water partition coefficient (Wildman–Crippen LogP) is 0.958. The van der Waals surface area contributed by atoms with Crippen LogP contribution in [-0.2, 0) is 10.2 Å². The molecule has 0 aliphatic rings. The monoisotopic (exact) mass is 240 g/mol. The summed E-state index contributed by atoms with van der Waals surface area (Å²) in [4.78, 5) is 0. The molecule has 1 N–H and O–H groups in total. The van der Waals surface area contributed by atoms with Gasteiger partial charge in [-0.25, -0.2) is 0 Å². The van der Waals surface area contributed by atoms with Gasteiger partial charge in [-0.2, -0.15) is 17.4 Å². The van der Waals surface area contributed by atoms with Gasteiger partial charge in [-0.05, 0) is 0 Å². The highest BCUT2D eigenvalue weighted by Gasteiger charge is 2.16. The molecular formula is C8H17ClN2O2S. The van der Waals surface area contributed by atoms with Crippen molar-refractivity contribution in [3.8, 4) is 0 Å². The van der Waals surface area contributed by atoms with E-state index in [1.165, 1.54) is 4.31 Å². The Morgan fingerprint density at radius 2 is 1.86 bits per heavy atom. The third-order valence-electron chi connectivity index (χ3n) is 1.68. The van der Waals surface area contributed by atoms with Gasteiger partial charge in [0.15, 0.2) is 0 Å². The molecule has 0 bridgehead atoms. The van der Waals surface area contributed by atoms with Crippen LogP contribution in [-0.4, -0.2) is 38.2 Å². The van der Waals surface area contributed by atoms with Gasteiger partial charge < -0.3 is 0 Å². The molecule has 0 aliphatic heterocycles. The van der Waals surface area contributed by atoms with E-state index in [1.54, 1.807) is 26.0 Å². The zero-order chi connectivity index (χ0) is 11.0. The highest BCUT2D eigenvalue weighted by Crippen LogP contribution is 1.95. The van der Waals surface area contributed by atoms with Gasteiger partial charge in [-0.3, -0.25) is 0 Å². The first-order chi connectivity index (χ1) is 6.58. The minimum atomic E-state index is -3.31. The first-order valence-electron chi connectivity index (χ1n) is 4.54. The van der Waals surface area contributed by atoms with E-state index in [0.717, 1.165) is 0 Å². The van der Waals surface area contributed by atoms with Crippen molar-refractivity contribution in [3.63, 3.8) is 0 Å². The zero-order valence-corrected chi connectivity index (χ0v) is 10.1. The highest BCUT2D eigenvalue weighted by molar-refractivity contribution is 7.87. The molecule has 0 aromatic heterocycles. The first kappa shape index (κ1) is 13.9. The number of allylic oxidation sites excluding steroid dienone is 1. The Morgan fingerprint density at radius 1 is 1.29 bits per heavy atom. The van der Waals surface area contributed by atoms with Crippen molar-refractivity contribution in [2.75, 3.05) is 25.5 Å². The predicted molar refractivity (Wildman–Crippen MR) is 59.7 cm³/mol. The lowest BCUT2D eigenvalue weighted by Gasteiger charge is -2.17. The molecule has 0 aromatic rings. The second kappa shape index (κ2) is 7.23. The number of alkyl halides is 1. The van der Waals surface area contributed by atoms with E-state index >= 15 is 0 Å². The molecule has 6 heteroatoms. The molecule has 84 valence electrons. The maximum atomic E-state index is 11.5. The van der Waals surface area contributed by atoms with Crippen LogP contribution in [0.3, 0.4) is 0 Å². The molecule has 0 radical (unpaired) electrons. The first-order valence-corrected chi connectivity index (χ1v) is 6.51. The Labute approximate surface area is 91.1 Å². The summed E-state index contributed by atoms with van der Waals surface area (Å²) in [6.45, 7) is 4.84. The zero-order valence-electron chi connectivity index (χ0n) is 8.53. The highest BCUT2D eigenvalue weighted by atomic mass is 35.5. The lowest BCUT2D eigenvalue weighted by Crippen LogP contribution is -2.40. The van der Waals surface area contributed by atoms with Gasteiger partial charge in [0.25, 0.3) is 10.2 Å². The molecule has 0 rings (SSSR count). The van der Waals surface area contributed by atoms with Crippen LogP contribution < -0.4 is 4.72 Å². The molecule has 0 heterocycles. The molecule has 4 nitrogen and oxygen atoms in total. The van der Waals surface area contributed by atoms with Crippen LogP contribution in [0.5, 0.6) is 0 Å². The number of halogens is 1. The van der Waals surface area contributed by atoms with E-state index < -0.39 is 10.2 Å². The maximum absolute atomic E-state index is 11.5. The minimum absolute atomic E-state index is 0.283. The number of nitrogens with one attached hydrogen (secondary N) is 1. The molecule has 0 fully saturated rings. The average molecular weight is 241 g/mol. The SMILES string of the molecule is CCN(CC)S(=O)(=O)NC/C=C/CCl. The normalized spacial score (nSPS) is 12.9. The van der Waals surface area contributed by atoms with Crippen molar-refractivity contribution in [2.45, 2.75) is 13.8 Å². The Bertz CT molecular complexity index is 261. The van der Waals surface area contributed by atoms with Crippen LogP contribution in [0.1, 0.15) is 13.8 Å². The molecule has 0 aromatic carbocycles. The van der Waals surface area contributed by atoms with Gasteiger partial charge in [-0.15, -0.1) is 11.6 Å². The summed E-state index contributed by atoms with van der Waals surface area (Å²) in [5.41, 5.74) is 0. The molecule has 0 saturated heterocycles. The smallest absolute Gasteiger partial charge is 0.198 e. The standard InChI is InChI=1S/C8H17ClN2O2S/c1-3-11(4-2)14(12,13)10-8-6-5-7-9/h5-6,10H,3-4,7-8H2,1-2H3/b6-5+. The van der Waals surface area contributed by atoms with Crippen molar-refractivity contribution in [1.29, 1.82) is 0 Å². The van der Waals surface area contributed by atoms with E-state index in [-0.39, 0.29) is 6.54 Å². The average Bonchev–Trinajstić information content (AvgIpc) is 2.14. The third-order valence-corrected chi connectivity index (χ3v) is 3.59. The fourth-order valence-corrected chi connectivity index (χ4v) is 2.25. The number of hydrogen-bond acceptors (Lipinski definition) is 2. The van der Waals surface area contributed by atoms with Gasteiger partial charge in [0.05, 0.1) is 0 Å². The second-order valence-corrected chi connectivity index (χ2v) is 4.63. The van der Waals surface area contributed by atoms with E-state index in [0.29, 0.717) is 19.0 Å². The van der Waals surface area contributed by atoms with Crippen molar-refractivity contribution in [1.82, 2.24) is 9.03 Å². The van der Waals surface area contributed by atoms with E-state index in [9.17, 15) is 8.42 Å². The molecule has 0 aliphatic carbocycles. The largest absolute Gasteiger partial charge is 0.279 e. The fraction of sp³-hybridized carbons (Fsp3) is 0.750. The lowest BCUT2D eigenvalue weighted by atomic mass is 10.5. The maximum Gasteiger partial charge on any atom is 0.279 e. The molecule has 0 saturated carbocycles. The van der Waals surface area contributed by atoms with Gasteiger partial charge >= 0.3 is 0 Å². The molecule has 0 unspecified atom stereocenters. The molecule has 14 heavy (non-hydrogen) atoms. The fourth-order valence-electron chi connectivity index (χ4n) is 0.955. The van der Waals surface area contributed by atoms with Gasteiger partial charge in [0.2, 0.25) is 0 Å². The molecule has 0 amide bonds. The molecule has 0 atom stereocenters. The van der Waals surface area contributed by atoms with E-state index in [4.69, 9.17) is 11.6 Å². The van der Waals surface area contributed by atoms with Gasteiger partial charge in [0.1, 0.15) is 0 Å². The van der Waals surface area contributed by atoms with E-state index in [2.05, 4.69) is 4.72 Å². The topological polar surface area (TPSA) is 49.4 Å². The number of rotatable bonds is 7. The Morgan fingerprint density at radius 3 is 2.29 bits per heavy atom. The summed E-state index contributed by atoms with van der Waals surface area (Å²) in [6.07, 6.45) is 3.39. The van der Waals surface area contributed by atoms with Gasteiger partial charge in [0, 0.05) is 25.5 Å². The van der Waals surface area contributed by atoms with Crippen molar-refractivity contribution < 1.29 is 8.42 Å². The summed E-state index contributed by atoms with van der Waals surface area (Å²) < 4.78 is 26.8.